The van der Waals surface area contributed by atoms with Gasteiger partial charge >= 0.3 is 0 Å². The van der Waals surface area contributed by atoms with Gasteiger partial charge in [0.1, 0.15) is 0 Å². The van der Waals surface area contributed by atoms with Crippen molar-refractivity contribution in [3.05, 3.63) is 28.8 Å². The Morgan fingerprint density at radius 1 is 1.43 bits per heavy atom. The first kappa shape index (κ1) is 10.3. The van der Waals surface area contributed by atoms with Gasteiger partial charge in [0.15, 0.2) is 5.06 Å². The fourth-order valence-electron chi connectivity index (χ4n) is 1.30. The lowest BCUT2D eigenvalue weighted by molar-refractivity contribution is 0.427. The Bertz CT molecular complexity index is 466. The minimum absolute atomic E-state index is 0.788. The minimum Gasteiger partial charge on any atom is -0.487 e. The Morgan fingerprint density at radius 3 is 2.86 bits per heavy atom. The van der Waals surface area contributed by atoms with Crippen LogP contribution >= 0.6 is 38.9 Å². The van der Waals surface area contributed by atoms with Crippen LogP contribution in [0.25, 0.3) is 10.1 Å². The molecule has 14 heavy (non-hydrogen) atoms. The van der Waals surface area contributed by atoms with E-state index < -0.39 is 0 Å². The summed E-state index contributed by atoms with van der Waals surface area (Å²) in [4.78, 5) is 0. The molecule has 0 saturated carbocycles. The van der Waals surface area contributed by atoms with Gasteiger partial charge in [0, 0.05) is 26.5 Å². The molecule has 0 amide bonds. The summed E-state index contributed by atoms with van der Waals surface area (Å²) in [6, 6.07) is 6.08. The second-order valence-electron chi connectivity index (χ2n) is 2.89. The topological polar surface area (TPSA) is 9.23 Å². The molecule has 0 N–H and O–H groups in total. The van der Waals surface area contributed by atoms with Crippen molar-refractivity contribution in [2.45, 2.75) is 5.33 Å². The Balaban J connectivity index is 2.67. The van der Waals surface area contributed by atoms with E-state index in [1.807, 2.05) is 12.1 Å². The molecule has 1 nitrogen and oxygen atoms in total. The fourth-order valence-corrected chi connectivity index (χ4v) is 2.95. The van der Waals surface area contributed by atoms with Crippen molar-refractivity contribution in [1.29, 1.82) is 0 Å². The zero-order valence-electron chi connectivity index (χ0n) is 7.51. The molecular weight excluding hydrogens is 284 g/mol. The van der Waals surface area contributed by atoms with E-state index in [1.165, 1.54) is 10.3 Å². The number of ether oxygens (including phenoxy) is 1. The van der Waals surface area contributed by atoms with Gasteiger partial charge in [-0.3, -0.25) is 0 Å². The molecule has 0 aliphatic rings. The van der Waals surface area contributed by atoms with Gasteiger partial charge < -0.3 is 4.74 Å². The Labute approximate surface area is 99.8 Å². The summed E-state index contributed by atoms with van der Waals surface area (Å²) in [6.07, 6.45) is 0. The van der Waals surface area contributed by atoms with E-state index in [1.54, 1.807) is 18.4 Å². The van der Waals surface area contributed by atoms with E-state index in [9.17, 15) is 0 Å². The number of hydrogen-bond donors (Lipinski definition) is 0. The van der Waals surface area contributed by atoms with Gasteiger partial charge in [-0.2, -0.15) is 0 Å². The molecule has 0 radical (unpaired) electrons. The van der Waals surface area contributed by atoms with E-state index in [4.69, 9.17) is 16.3 Å². The largest absolute Gasteiger partial charge is 0.487 e. The highest BCUT2D eigenvalue weighted by Gasteiger charge is 2.06. The lowest BCUT2D eigenvalue weighted by atomic mass is 10.2. The standard InChI is InChI=1S/C10H8BrClOS/c1-13-10-4-7-8(12)2-6(5-11)3-9(7)14-10/h2-4H,5H2,1H3. The predicted molar refractivity (Wildman–Crippen MR) is 66.0 cm³/mol. The average molecular weight is 292 g/mol. The van der Waals surface area contributed by atoms with Crippen LogP contribution in [0.1, 0.15) is 5.56 Å². The lowest BCUT2D eigenvalue weighted by Crippen LogP contribution is -1.76. The van der Waals surface area contributed by atoms with E-state index in [0.29, 0.717) is 0 Å². The van der Waals surface area contributed by atoms with E-state index in [-0.39, 0.29) is 0 Å². The van der Waals surface area contributed by atoms with Gasteiger partial charge in [-0.15, -0.1) is 0 Å². The third kappa shape index (κ3) is 1.76. The predicted octanol–water partition coefficient (Wildman–Crippen LogP) is 4.46. The molecule has 0 aliphatic heterocycles. The molecule has 1 aromatic heterocycles. The number of fused-ring (bicyclic) bond motifs is 1. The van der Waals surface area contributed by atoms with Crippen LogP contribution in [0.3, 0.4) is 0 Å². The van der Waals surface area contributed by atoms with Crippen LogP contribution in [0.2, 0.25) is 5.02 Å². The number of hydrogen-bond acceptors (Lipinski definition) is 2. The summed E-state index contributed by atoms with van der Waals surface area (Å²) in [5, 5.41) is 3.58. The summed E-state index contributed by atoms with van der Waals surface area (Å²) in [5.41, 5.74) is 1.19. The van der Waals surface area contributed by atoms with E-state index >= 15 is 0 Å². The summed E-state index contributed by atoms with van der Waals surface area (Å²) < 4.78 is 6.35. The molecule has 2 aromatic rings. The fraction of sp³-hybridized carbons (Fsp3) is 0.200. The number of alkyl halides is 1. The molecule has 0 spiro atoms. The SMILES string of the molecule is COc1cc2c(Cl)cc(CBr)cc2s1. The highest BCUT2D eigenvalue weighted by atomic mass is 79.9. The second-order valence-corrected chi connectivity index (χ2v) is 4.91. The normalized spacial score (nSPS) is 10.8. The first-order valence-electron chi connectivity index (χ1n) is 4.06. The number of rotatable bonds is 2. The van der Waals surface area contributed by atoms with Gasteiger partial charge in [-0.25, -0.2) is 0 Å². The molecule has 0 unspecified atom stereocenters. The summed E-state index contributed by atoms with van der Waals surface area (Å²) >= 11 is 11.2. The first-order chi connectivity index (χ1) is 6.74. The molecule has 2 rings (SSSR count). The maximum absolute atomic E-state index is 6.14. The highest BCUT2D eigenvalue weighted by Crippen LogP contribution is 2.36. The molecule has 0 atom stereocenters. The number of methoxy groups -OCH3 is 1. The van der Waals surface area contributed by atoms with Crippen LogP contribution in [0, 0.1) is 0 Å². The highest BCUT2D eigenvalue weighted by molar-refractivity contribution is 9.08. The van der Waals surface area contributed by atoms with Crippen LogP contribution < -0.4 is 4.74 Å². The van der Waals surface area contributed by atoms with Crippen molar-refractivity contribution in [3.63, 3.8) is 0 Å². The van der Waals surface area contributed by atoms with Crippen LogP contribution in [0.4, 0.5) is 0 Å². The van der Waals surface area contributed by atoms with Crippen LogP contribution in [-0.4, -0.2) is 7.11 Å². The van der Waals surface area contributed by atoms with Gasteiger partial charge in [-0.1, -0.05) is 38.9 Å². The maximum Gasteiger partial charge on any atom is 0.174 e. The zero-order valence-corrected chi connectivity index (χ0v) is 10.7. The van der Waals surface area contributed by atoms with E-state index in [0.717, 1.165) is 20.8 Å². The van der Waals surface area contributed by atoms with Crippen LogP contribution in [0.15, 0.2) is 18.2 Å². The number of halogens is 2. The summed E-state index contributed by atoms with van der Waals surface area (Å²) in [5.74, 6) is 0. The lowest BCUT2D eigenvalue weighted by Gasteiger charge is -1.97. The van der Waals surface area contributed by atoms with Crippen molar-refractivity contribution >= 4 is 49.0 Å². The maximum atomic E-state index is 6.14. The van der Waals surface area contributed by atoms with Gasteiger partial charge in [0.05, 0.1) is 7.11 Å². The Kier molecular flexibility index (Phi) is 3.00. The minimum atomic E-state index is 0.788. The van der Waals surface area contributed by atoms with Crippen molar-refractivity contribution in [3.8, 4) is 5.06 Å². The number of benzene rings is 1. The van der Waals surface area contributed by atoms with Gasteiger partial charge in [0.25, 0.3) is 0 Å². The summed E-state index contributed by atoms with van der Waals surface area (Å²) in [7, 11) is 1.67. The smallest absolute Gasteiger partial charge is 0.174 e. The molecule has 0 bridgehead atoms. The molecule has 4 heteroatoms. The first-order valence-corrected chi connectivity index (χ1v) is 6.38. The van der Waals surface area contributed by atoms with Crippen LogP contribution in [0.5, 0.6) is 5.06 Å². The van der Waals surface area contributed by atoms with Crippen molar-refractivity contribution < 1.29 is 4.74 Å². The number of thiophene rings is 1. The molecule has 1 heterocycles. The quantitative estimate of drug-likeness (QED) is 0.742. The molecular formula is C10H8BrClOS. The second kappa shape index (κ2) is 4.09. The Hall–Kier alpha value is -0.250. The van der Waals surface area contributed by atoms with Crippen molar-refractivity contribution in [2.75, 3.05) is 7.11 Å². The van der Waals surface area contributed by atoms with Gasteiger partial charge in [0.2, 0.25) is 0 Å². The molecule has 0 saturated heterocycles. The monoisotopic (exact) mass is 290 g/mol. The van der Waals surface area contributed by atoms with Crippen molar-refractivity contribution in [2.24, 2.45) is 0 Å². The molecule has 0 fully saturated rings. The van der Waals surface area contributed by atoms with Gasteiger partial charge in [-0.05, 0) is 17.7 Å². The van der Waals surface area contributed by atoms with Crippen LogP contribution in [-0.2, 0) is 5.33 Å². The molecule has 74 valence electrons. The molecule has 0 aliphatic carbocycles. The Morgan fingerprint density at radius 2 is 2.21 bits per heavy atom. The third-order valence-electron chi connectivity index (χ3n) is 1.98. The average Bonchev–Trinajstić information content (AvgIpc) is 2.61. The summed E-state index contributed by atoms with van der Waals surface area (Å²) in [6.45, 7) is 0. The molecule has 1 aromatic carbocycles. The third-order valence-corrected chi connectivity index (χ3v) is 3.98. The van der Waals surface area contributed by atoms with Crippen molar-refractivity contribution in [1.82, 2.24) is 0 Å². The zero-order chi connectivity index (χ0) is 10.1. The van der Waals surface area contributed by atoms with E-state index in [2.05, 4.69) is 22.0 Å².